The SMILES string of the molecule is COCCN(CCOC)c1cc(C(=O)O)cc(Cl)n1. The molecular weight excluding hydrogens is 272 g/mol. The van der Waals surface area contributed by atoms with Crippen molar-refractivity contribution in [2.75, 3.05) is 45.4 Å². The second-order valence-electron chi connectivity index (χ2n) is 3.81. The van der Waals surface area contributed by atoms with E-state index in [1.54, 1.807) is 14.2 Å². The first-order valence-corrected chi connectivity index (χ1v) is 6.10. The molecule has 0 aliphatic carbocycles. The summed E-state index contributed by atoms with van der Waals surface area (Å²) in [6.07, 6.45) is 0. The van der Waals surface area contributed by atoms with Gasteiger partial charge >= 0.3 is 5.97 Å². The van der Waals surface area contributed by atoms with E-state index in [4.69, 9.17) is 26.2 Å². The van der Waals surface area contributed by atoms with Crippen LogP contribution in [0.5, 0.6) is 0 Å². The van der Waals surface area contributed by atoms with Crippen LogP contribution in [0.25, 0.3) is 0 Å². The lowest BCUT2D eigenvalue weighted by atomic mass is 10.2. The molecule has 106 valence electrons. The molecule has 0 aliphatic heterocycles. The fourth-order valence-corrected chi connectivity index (χ4v) is 1.72. The van der Waals surface area contributed by atoms with Gasteiger partial charge in [0, 0.05) is 27.3 Å². The van der Waals surface area contributed by atoms with Crippen molar-refractivity contribution in [2.45, 2.75) is 0 Å². The summed E-state index contributed by atoms with van der Waals surface area (Å²) in [6, 6.07) is 2.80. The summed E-state index contributed by atoms with van der Waals surface area (Å²) < 4.78 is 10.0. The summed E-state index contributed by atoms with van der Waals surface area (Å²) in [6.45, 7) is 2.15. The van der Waals surface area contributed by atoms with Crippen LogP contribution in [0, 0.1) is 0 Å². The third-order valence-corrected chi connectivity index (χ3v) is 2.68. The van der Waals surface area contributed by atoms with E-state index in [9.17, 15) is 4.79 Å². The van der Waals surface area contributed by atoms with Crippen LogP contribution < -0.4 is 4.90 Å². The van der Waals surface area contributed by atoms with E-state index in [2.05, 4.69) is 4.98 Å². The van der Waals surface area contributed by atoms with Crippen LogP contribution in [0.4, 0.5) is 5.82 Å². The maximum atomic E-state index is 11.0. The highest BCUT2D eigenvalue weighted by Crippen LogP contribution is 2.18. The Morgan fingerprint density at radius 1 is 1.32 bits per heavy atom. The number of rotatable bonds is 8. The van der Waals surface area contributed by atoms with Gasteiger partial charge in [-0.15, -0.1) is 0 Å². The Morgan fingerprint density at radius 3 is 2.37 bits per heavy atom. The minimum absolute atomic E-state index is 0.106. The molecule has 1 N–H and O–H groups in total. The number of methoxy groups -OCH3 is 2. The summed E-state index contributed by atoms with van der Waals surface area (Å²) in [5, 5.41) is 9.16. The van der Waals surface area contributed by atoms with Crippen LogP contribution in [-0.4, -0.2) is 56.6 Å². The Morgan fingerprint density at radius 2 is 1.89 bits per heavy atom. The molecule has 1 aromatic heterocycles. The second kappa shape index (κ2) is 7.93. The smallest absolute Gasteiger partial charge is 0.335 e. The van der Waals surface area contributed by atoms with Gasteiger partial charge in [0.25, 0.3) is 0 Å². The van der Waals surface area contributed by atoms with Gasteiger partial charge in [-0.05, 0) is 12.1 Å². The van der Waals surface area contributed by atoms with Gasteiger partial charge in [0.2, 0.25) is 0 Å². The third kappa shape index (κ3) is 5.02. The fraction of sp³-hybridized carbons (Fsp3) is 0.500. The molecule has 1 aromatic rings. The van der Waals surface area contributed by atoms with Crippen molar-refractivity contribution in [3.05, 3.63) is 22.8 Å². The van der Waals surface area contributed by atoms with Gasteiger partial charge in [0.1, 0.15) is 11.0 Å². The van der Waals surface area contributed by atoms with Crippen molar-refractivity contribution < 1.29 is 19.4 Å². The molecule has 0 amide bonds. The maximum absolute atomic E-state index is 11.0. The van der Waals surface area contributed by atoms with Gasteiger partial charge in [-0.3, -0.25) is 0 Å². The average Bonchev–Trinajstić information content (AvgIpc) is 2.38. The highest BCUT2D eigenvalue weighted by molar-refractivity contribution is 6.29. The lowest BCUT2D eigenvalue weighted by Crippen LogP contribution is -2.31. The molecule has 0 saturated heterocycles. The Balaban J connectivity index is 2.95. The Labute approximate surface area is 116 Å². The summed E-state index contributed by atoms with van der Waals surface area (Å²) in [5.41, 5.74) is 0.106. The van der Waals surface area contributed by atoms with E-state index >= 15 is 0 Å². The first kappa shape index (κ1) is 15.7. The number of anilines is 1. The van der Waals surface area contributed by atoms with E-state index in [-0.39, 0.29) is 10.7 Å². The third-order valence-electron chi connectivity index (χ3n) is 2.48. The van der Waals surface area contributed by atoms with Crippen LogP contribution in [0.2, 0.25) is 5.15 Å². The quantitative estimate of drug-likeness (QED) is 0.732. The molecule has 0 fully saturated rings. The minimum Gasteiger partial charge on any atom is -0.478 e. The predicted molar refractivity (Wildman–Crippen MR) is 72.2 cm³/mol. The highest BCUT2D eigenvalue weighted by atomic mass is 35.5. The number of carbonyl (C=O) groups is 1. The number of ether oxygens (including phenoxy) is 2. The number of pyridine rings is 1. The van der Waals surface area contributed by atoms with Gasteiger partial charge < -0.3 is 19.5 Å². The number of aromatic carboxylic acids is 1. The van der Waals surface area contributed by atoms with Crippen molar-refractivity contribution in [3.8, 4) is 0 Å². The van der Waals surface area contributed by atoms with Gasteiger partial charge in [-0.2, -0.15) is 0 Å². The fourth-order valence-electron chi connectivity index (χ4n) is 1.51. The molecular formula is C12H17ClN2O4. The molecule has 0 unspecified atom stereocenters. The van der Waals surface area contributed by atoms with Crippen LogP contribution in [0.3, 0.4) is 0 Å². The lowest BCUT2D eigenvalue weighted by Gasteiger charge is -2.23. The normalized spacial score (nSPS) is 10.5. The predicted octanol–water partition coefficient (Wildman–Crippen LogP) is 1.53. The van der Waals surface area contributed by atoms with E-state index in [0.717, 1.165) is 0 Å². The molecule has 0 atom stereocenters. The molecule has 0 aliphatic rings. The molecule has 0 bridgehead atoms. The molecule has 6 nitrogen and oxygen atoms in total. The molecule has 1 heterocycles. The van der Waals surface area contributed by atoms with Crippen molar-refractivity contribution in [1.82, 2.24) is 4.98 Å². The van der Waals surface area contributed by atoms with Crippen LogP contribution in [0.1, 0.15) is 10.4 Å². The minimum atomic E-state index is -1.04. The second-order valence-corrected chi connectivity index (χ2v) is 4.20. The standard InChI is InChI=1S/C12H17ClN2O4/c1-18-5-3-15(4-6-19-2)11-8-9(12(16)17)7-10(13)14-11/h7-8H,3-6H2,1-2H3,(H,16,17). The largest absolute Gasteiger partial charge is 0.478 e. The lowest BCUT2D eigenvalue weighted by molar-refractivity contribution is 0.0697. The summed E-state index contributed by atoms with van der Waals surface area (Å²) >= 11 is 5.84. The number of nitrogens with zero attached hydrogens (tertiary/aromatic N) is 2. The molecule has 0 spiro atoms. The van der Waals surface area contributed by atoms with Crippen molar-refractivity contribution >= 4 is 23.4 Å². The van der Waals surface area contributed by atoms with Gasteiger partial charge in [-0.25, -0.2) is 9.78 Å². The molecule has 1 rings (SSSR count). The number of hydrogen-bond acceptors (Lipinski definition) is 5. The van der Waals surface area contributed by atoms with Gasteiger partial charge in [-0.1, -0.05) is 11.6 Å². The van der Waals surface area contributed by atoms with Gasteiger partial charge in [0.05, 0.1) is 18.8 Å². The first-order valence-electron chi connectivity index (χ1n) is 5.72. The topological polar surface area (TPSA) is 71.9 Å². The maximum Gasteiger partial charge on any atom is 0.335 e. The van der Waals surface area contributed by atoms with Crippen molar-refractivity contribution in [1.29, 1.82) is 0 Å². The highest BCUT2D eigenvalue weighted by Gasteiger charge is 2.13. The van der Waals surface area contributed by atoms with E-state index < -0.39 is 5.97 Å². The Kier molecular flexibility index (Phi) is 6.55. The molecule has 0 saturated carbocycles. The summed E-state index contributed by atoms with van der Waals surface area (Å²) in [4.78, 5) is 17.0. The number of hydrogen-bond donors (Lipinski definition) is 1. The van der Waals surface area contributed by atoms with Crippen molar-refractivity contribution in [2.24, 2.45) is 0 Å². The summed E-state index contributed by atoms with van der Waals surface area (Å²) in [5.74, 6) is -0.539. The van der Waals surface area contributed by atoms with Crippen LogP contribution in [-0.2, 0) is 9.47 Å². The first-order chi connectivity index (χ1) is 9.08. The Bertz CT molecular complexity index is 420. The zero-order valence-corrected chi connectivity index (χ0v) is 11.7. The number of halogens is 1. The molecule has 0 aromatic carbocycles. The van der Waals surface area contributed by atoms with Crippen LogP contribution in [0.15, 0.2) is 12.1 Å². The number of carboxylic acids is 1. The zero-order valence-electron chi connectivity index (χ0n) is 10.9. The van der Waals surface area contributed by atoms with E-state index in [1.165, 1.54) is 12.1 Å². The molecule has 0 radical (unpaired) electrons. The van der Waals surface area contributed by atoms with E-state index in [0.29, 0.717) is 32.1 Å². The Hall–Kier alpha value is -1.37. The number of aromatic nitrogens is 1. The van der Waals surface area contributed by atoms with Gasteiger partial charge in [0.15, 0.2) is 0 Å². The molecule has 7 heteroatoms. The van der Waals surface area contributed by atoms with Crippen LogP contribution >= 0.6 is 11.6 Å². The van der Waals surface area contributed by atoms with E-state index in [1.807, 2.05) is 4.90 Å². The monoisotopic (exact) mass is 288 g/mol. The zero-order chi connectivity index (χ0) is 14.3. The summed E-state index contributed by atoms with van der Waals surface area (Å²) in [7, 11) is 3.20. The van der Waals surface area contributed by atoms with Crippen molar-refractivity contribution in [3.63, 3.8) is 0 Å². The molecule has 19 heavy (non-hydrogen) atoms. The number of carboxylic acid groups (broad SMARTS) is 1. The average molecular weight is 289 g/mol.